The summed E-state index contributed by atoms with van der Waals surface area (Å²) in [6.07, 6.45) is -1.97. The third-order valence-electron chi connectivity index (χ3n) is 4.69. The molecular formula is C23H39N3O11S. The Kier molecular flexibility index (Phi) is 15.9. The van der Waals surface area contributed by atoms with E-state index >= 15 is 0 Å². The first-order valence-corrected chi connectivity index (χ1v) is 13.4. The van der Waals surface area contributed by atoms with E-state index in [4.69, 9.17) is 18.9 Å². The molecule has 0 fully saturated rings. The van der Waals surface area contributed by atoms with Crippen LogP contribution < -0.4 is 10.6 Å². The Balaban J connectivity index is 4.86. The minimum absolute atomic E-state index is 0.0169. The van der Waals surface area contributed by atoms with E-state index in [9.17, 15) is 32.1 Å². The average Bonchev–Trinajstić information content (AvgIpc) is 2.79. The molecule has 14 nitrogen and oxygen atoms in total. The van der Waals surface area contributed by atoms with Gasteiger partial charge in [0.15, 0.2) is 6.10 Å². The van der Waals surface area contributed by atoms with Crippen LogP contribution in [0.3, 0.4) is 0 Å². The number of nitrogens with zero attached hydrogens (tertiary/aromatic N) is 1. The van der Waals surface area contributed by atoms with Crippen molar-refractivity contribution in [2.75, 3.05) is 65.8 Å². The zero-order valence-electron chi connectivity index (χ0n) is 22.4. The van der Waals surface area contributed by atoms with E-state index in [-0.39, 0.29) is 61.5 Å². The summed E-state index contributed by atoms with van der Waals surface area (Å²) in [7, 11) is -0.709. The maximum absolute atomic E-state index is 12.3. The Labute approximate surface area is 223 Å². The lowest BCUT2D eigenvalue weighted by molar-refractivity contribution is -0.893. The first-order chi connectivity index (χ1) is 17.5. The van der Waals surface area contributed by atoms with Crippen LogP contribution in [-0.2, 0) is 38.7 Å². The second-order valence-electron chi connectivity index (χ2n) is 9.12. The molecule has 0 saturated heterocycles. The Morgan fingerprint density at radius 3 is 1.84 bits per heavy atom. The molecule has 0 aromatic rings. The number of quaternary nitrogens is 1. The standard InChI is InChI=1S/C23H39N3O11S/c1-17(2)20(27)34-12-9-24-22(29)36-16-19(15-26(5,6)11-7-8-14-38(31,32)33)37-23(30)25-10-13-35-21(28)18(3)4/h19H,1,3,7-16H2,2,4-6H3,(H2-,24,25,29,30,31,32,33). The summed E-state index contributed by atoms with van der Waals surface area (Å²) >= 11 is 0. The highest BCUT2D eigenvalue weighted by Crippen LogP contribution is 2.08. The van der Waals surface area contributed by atoms with Crippen LogP contribution in [0, 0.1) is 0 Å². The number of carbonyl (C=O) groups is 4. The summed E-state index contributed by atoms with van der Waals surface area (Å²) in [5.74, 6) is -1.67. The monoisotopic (exact) mass is 565 g/mol. The van der Waals surface area contributed by atoms with E-state index in [0.717, 1.165) is 0 Å². The maximum Gasteiger partial charge on any atom is 0.407 e. The van der Waals surface area contributed by atoms with Crippen LogP contribution in [0.15, 0.2) is 24.3 Å². The van der Waals surface area contributed by atoms with Crippen molar-refractivity contribution in [3.8, 4) is 0 Å². The second-order valence-corrected chi connectivity index (χ2v) is 10.6. The van der Waals surface area contributed by atoms with Crippen LogP contribution in [0.4, 0.5) is 9.59 Å². The topological polar surface area (TPSA) is 186 Å². The Morgan fingerprint density at radius 2 is 1.37 bits per heavy atom. The first kappa shape index (κ1) is 34.8. The van der Waals surface area contributed by atoms with Crippen LogP contribution in [0.1, 0.15) is 26.7 Å². The van der Waals surface area contributed by atoms with Gasteiger partial charge in [-0.25, -0.2) is 27.6 Å². The lowest BCUT2D eigenvalue weighted by atomic mass is 10.2. The number of esters is 2. The number of likely N-dealkylation sites (N-methyl/N-ethyl adjacent to an activating group) is 1. The van der Waals surface area contributed by atoms with Crippen molar-refractivity contribution in [2.24, 2.45) is 0 Å². The lowest BCUT2D eigenvalue weighted by Crippen LogP contribution is -2.49. The summed E-state index contributed by atoms with van der Waals surface area (Å²) < 4.78 is 52.9. The molecule has 0 aliphatic heterocycles. The van der Waals surface area contributed by atoms with Gasteiger partial charge in [0.1, 0.15) is 26.4 Å². The SMILES string of the molecule is C=C(C)C(=O)OCCNC(=O)OCC(C[N+](C)(C)CCCCS(=O)(=O)[O-])OC(=O)NCCOC(=O)C(=C)C. The first-order valence-electron chi connectivity index (χ1n) is 11.8. The van der Waals surface area contributed by atoms with E-state index in [2.05, 4.69) is 23.8 Å². The van der Waals surface area contributed by atoms with Gasteiger partial charge in [-0.05, 0) is 26.7 Å². The predicted molar refractivity (Wildman–Crippen MR) is 135 cm³/mol. The van der Waals surface area contributed by atoms with E-state index in [1.165, 1.54) is 13.8 Å². The van der Waals surface area contributed by atoms with Crippen LogP contribution >= 0.6 is 0 Å². The fourth-order valence-corrected chi connectivity index (χ4v) is 3.40. The number of ether oxygens (including phenoxy) is 4. The number of carbonyl (C=O) groups excluding carboxylic acids is 4. The minimum atomic E-state index is -4.31. The van der Waals surface area contributed by atoms with Gasteiger partial charge in [0.25, 0.3) is 0 Å². The zero-order valence-corrected chi connectivity index (χ0v) is 23.2. The Morgan fingerprint density at radius 1 is 0.868 bits per heavy atom. The molecule has 0 rings (SSSR count). The molecule has 2 amide bonds. The summed E-state index contributed by atoms with van der Waals surface area (Å²) in [4.78, 5) is 47.0. The largest absolute Gasteiger partial charge is 0.748 e. The molecule has 38 heavy (non-hydrogen) atoms. The summed E-state index contributed by atoms with van der Waals surface area (Å²) in [6.45, 7) is 9.94. The second kappa shape index (κ2) is 17.4. The van der Waals surface area contributed by atoms with Crippen LogP contribution in [0.5, 0.6) is 0 Å². The smallest absolute Gasteiger partial charge is 0.407 e. The van der Waals surface area contributed by atoms with Gasteiger partial charge in [-0.15, -0.1) is 0 Å². The number of rotatable bonds is 18. The van der Waals surface area contributed by atoms with Crippen LogP contribution in [0.2, 0.25) is 0 Å². The van der Waals surface area contributed by atoms with Crippen molar-refractivity contribution >= 4 is 34.2 Å². The lowest BCUT2D eigenvalue weighted by Gasteiger charge is -2.33. The van der Waals surface area contributed by atoms with Gasteiger partial charge < -0.3 is 38.6 Å². The molecule has 0 aliphatic rings. The summed E-state index contributed by atoms with van der Waals surface area (Å²) in [5, 5.41) is 4.82. The van der Waals surface area contributed by atoms with Crippen molar-refractivity contribution in [1.82, 2.24) is 10.6 Å². The molecule has 0 spiro atoms. The highest BCUT2D eigenvalue weighted by Gasteiger charge is 2.27. The van der Waals surface area contributed by atoms with E-state index in [1.807, 2.05) is 0 Å². The van der Waals surface area contributed by atoms with Crippen LogP contribution in [0.25, 0.3) is 0 Å². The molecule has 0 radical (unpaired) electrons. The molecule has 218 valence electrons. The van der Waals surface area contributed by atoms with Gasteiger partial charge in [-0.2, -0.15) is 0 Å². The van der Waals surface area contributed by atoms with Gasteiger partial charge in [0.2, 0.25) is 0 Å². The van der Waals surface area contributed by atoms with Crippen molar-refractivity contribution in [3.05, 3.63) is 24.3 Å². The van der Waals surface area contributed by atoms with Gasteiger partial charge >= 0.3 is 24.1 Å². The average molecular weight is 566 g/mol. The third-order valence-corrected chi connectivity index (χ3v) is 5.47. The molecule has 1 atom stereocenters. The number of hydrogen-bond donors (Lipinski definition) is 2. The summed E-state index contributed by atoms with van der Waals surface area (Å²) in [6, 6.07) is 0. The molecule has 1 unspecified atom stereocenters. The van der Waals surface area contributed by atoms with Gasteiger partial charge in [-0.3, -0.25) is 0 Å². The zero-order chi connectivity index (χ0) is 29.4. The fraction of sp³-hybridized carbons (Fsp3) is 0.652. The normalized spacial score (nSPS) is 12.0. The summed E-state index contributed by atoms with van der Waals surface area (Å²) in [5.41, 5.74) is 0.431. The molecule has 0 bridgehead atoms. The highest BCUT2D eigenvalue weighted by molar-refractivity contribution is 7.85. The third kappa shape index (κ3) is 19.0. The maximum atomic E-state index is 12.3. The van der Waals surface area contributed by atoms with Crippen LogP contribution in [-0.4, -0.2) is 114 Å². The van der Waals surface area contributed by atoms with Crippen molar-refractivity contribution in [3.63, 3.8) is 0 Å². The molecule has 0 aromatic heterocycles. The number of unbranched alkanes of at least 4 members (excludes halogenated alkanes) is 1. The molecular weight excluding hydrogens is 526 g/mol. The fourth-order valence-electron chi connectivity index (χ4n) is 2.84. The van der Waals surface area contributed by atoms with Gasteiger partial charge in [-0.1, -0.05) is 13.2 Å². The number of nitrogens with one attached hydrogen (secondary N) is 2. The van der Waals surface area contributed by atoms with Crippen molar-refractivity contribution < 1.29 is 55.6 Å². The molecule has 0 heterocycles. The van der Waals surface area contributed by atoms with E-state index < -0.39 is 46.1 Å². The molecule has 0 aliphatic carbocycles. The molecule has 15 heteroatoms. The van der Waals surface area contributed by atoms with Gasteiger partial charge in [0.05, 0.1) is 43.8 Å². The predicted octanol–water partition coefficient (Wildman–Crippen LogP) is 0.448. The van der Waals surface area contributed by atoms with Crippen molar-refractivity contribution in [2.45, 2.75) is 32.8 Å². The van der Waals surface area contributed by atoms with Crippen molar-refractivity contribution in [1.29, 1.82) is 0 Å². The minimum Gasteiger partial charge on any atom is -0.748 e. The quantitative estimate of drug-likeness (QED) is 0.0586. The van der Waals surface area contributed by atoms with E-state index in [1.54, 1.807) is 14.1 Å². The number of amides is 2. The molecule has 0 saturated carbocycles. The highest BCUT2D eigenvalue weighted by atomic mass is 32.2. The molecule has 2 N–H and O–H groups in total. The number of alkyl carbamates (subject to hydrolysis) is 2. The Bertz CT molecular complexity index is 948. The van der Waals surface area contributed by atoms with Gasteiger partial charge in [0, 0.05) is 16.9 Å². The number of hydrogen-bond acceptors (Lipinski definition) is 11. The van der Waals surface area contributed by atoms with E-state index in [0.29, 0.717) is 13.0 Å². The Hall–Kier alpha value is -3.17. The molecule has 0 aromatic carbocycles.